The van der Waals surface area contributed by atoms with Gasteiger partial charge in [0, 0.05) is 18.0 Å². The third kappa shape index (κ3) is 4.25. The average molecular weight is 245 g/mol. The highest BCUT2D eigenvalue weighted by atomic mass is 16.5. The Hall–Kier alpha value is -2.36. The number of carbonyl (C=O) groups is 1. The maximum absolute atomic E-state index is 10.6. The first kappa shape index (κ1) is 13.7. The lowest BCUT2D eigenvalue weighted by molar-refractivity contribution is 0.112. The highest BCUT2D eigenvalue weighted by Gasteiger charge is 2.02. The van der Waals surface area contributed by atoms with Crippen molar-refractivity contribution in [1.82, 2.24) is 0 Å². The van der Waals surface area contributed by atoms with Crippen LogP contribution in [0.4, 0.5) is 0 Å². The van der Waals surface area contributed by atoms with E-state index >= 15 is 0 Å². The number of rotatable bonds is 5. The molecule has 0 amide bonds. The van der Waals surface area contributed by atoms with E-state index in [1.54, 1.807) is 18.5 Å². The fourth-order valence-corrected chi connectivity index (χ4v) is 1.14. The molecule has 1 rings (SSSR count). The minimum atomic E-state index is -0.0137. The van der Waals surface area contributed by atoms with Crippen LogP contribution in [-0.4, -0.2) is 17.6 Å². The second-order valence-electron chi connectivity index (χ2n) is 3.55. The number of nitrogens with zero attached hydrogens (tertiary/aromatic N) is 1. The summed E-state index contributed by atoms with van der Waals surface area (Å²) in [6, 6.07) is 4.40. The van der Waals surface area contributed by atoms with Crippen LogP contribution in [-0.2, 0) is 0 Å². The van der Waals surface area contributed by atoms with Crippen LogP contribution in [0.2, 0.25) is 0 Å². The summed E-state index contributed by atoms with van der Waals surface area (Å²) in [6.45, 7) is 3.66. The van der Waals surface area contributed by atoms with Crippen LogP contribution in [0.5, 0.6) is 11.5 Å². The second kappa shape index (κ2) is 7.06. The van der Waals surface area contributed by atoms with Gasteiger partial charge in [-0.3, -0.25) is 9.79 Å². The van der Waals surface area contributed by atoms with Gasteiger partial charge in [-0.15, -0.1) is 0 Å². The van der Waals surface area contributed by atoms with E-state index in [0.717, 1.165) is 5.57 Å². The fraction of sp³-hybridized carbons (Fsp3) is 0.143. The second-order valence-corrected chi connectivity index (χ2v) is 3.55. The topological polar surface area (TPSA) is 58.9 Å². The molecule has 0 aliphatic heterocycles. The zero-order chi connectivity index (χ0) is 13.4. The van der Waals surface area contributed by atoms with E-state index in [1.165, 1.54) is 24.5 Å². The molecule has 0 radical (unpaired) electrons. The van der Waals surface area contributed by atoms with E-state index in [2.05, 4.69) is 4.99 Å². The monoisotopic (exact) mass is 245 g/mol. The fourth-order valence-electron chi connectivity index (χ4n) is 1.14. The number of hydrogen-bond acceptors (Lipinski definition) is 4. The molecule has 4 heteroatoms. The Balaban J connectivity index is 2.78. The maximum atomic E-state index is 10.6. The first-order valence-corrected chi connectivity index (χ1v) is 5.43. The first-order valence-electron chi connectivity index (χ1n) is 5.43. The van der Waals surface area contributed by atoms with Crippen molar-refractivity contribution in [3.63, 3.8) is 0 Å². The van der Waals surface area contributed by atoms with Gasteiger partial charge in [-0.1, -0.05) is 0 Å². The van der Waals surface area contributed by atoms with Gasteiger partial charge in [0.2, 0.25) is 0 Å². The molecule has 0 aliphatic rings. The van der Waals surface area contributed by atoms with Crippen molar-refractivity contribution in [2.45, 2.75) is 13.8 Å². The maximum Gasteiger partial charge on any atom is 0.168 e. The molecule has 18 heavy (non-hydrogen) atoms. The lowest BCUT2D eigenvalue weighted by Crippen LogP contribution is -1.87. The molecule has 0 aliphatic carbocycles. The van der Waals surface area contributed by atoms with Crippen molar-refractivity contribution < 1.29 is 14.6 Å². The molecule has 0 aromatic heterocycles. The highest BCUT2D eigenvalue weighted by Crippen LogP contribution is 2.26. The minimum absolute atomic E-state index is 0.0137. The number of allylic oxidation sites excluding steroid dienone is 2. The van der Waals surface area contributed by atoms with Crippen LogP contribution < -0.4 is 4.74 Å². The summed E-state index contributed by atoms with van der Waals surface area (Å²) in [7, 11) is 0. The summed E-state index contributed by atoms with van der Waals surface area (Å²) < 4.78 is 5.30. The molecule has 1 aromatic carbocycles. The summed E-state index contributed by atoms with van der Waals surface area (Å²) in [4.78, 5) is 14.5. The number of ether oxygens (including phenoxy) is 1. The molecular weight excluding hydrogens is 230 g/mol. The first-order chi connectivity index (χ1) is 8.67. The number of phenols is 1. The van der Waals surface area contributed by atoms with Gasteiger partial charge in [0.05, 0.1) is 6.26 Å². The summed E-state index contributed by atoms with van der Waals surface area (Å²) in [6.07, 6.45) is 7.24. The summed E-state index contributed by atoms with van der Waals surface area (Å²) in [5.41, 5.74) is 1.27. The zero-order valence-corrected chi connectivity index (χ0v) is 10.3. The van der Waals surface area contributed by atoms with Crippen LogP contribution in [0, 0.1) is 0 Å². The standard InChI is InChI=1S/C14H15NO3/c1-3-15-7-6-11(2)10-18-14-8-12(9-16)4-5-13(14)17/h3-10,17H,1-2H3/b7-6-,11-10+,15-3?. The number of hydrogen-bond donors (Lipinski definition) is 1. The number of aliphatic imine (C=N–C) groups is 1. The molecule has 0 heterocycles. The van der Waals surface area contributed by atoms with Crippen molar-refractivity contribution >= 4 is 12.5 Å². The van der Waals surface area contributed by atoms with Gasteiger partial charge in [-0.05, 0) is 43.7 Å². The summed E-state index contributed by atoms with van der Waals surface area (Å²) >= 11 is 0. The molecule has 0 spiro atoms. The zero-order valence-electron chi connectivity index (χ0n) is 10.3. The van der Waals surface area contributed by atoms with E-state index in [0.29, 0.717) is 11.8 Å². The third-order valence-corrected chi connectivity index (χ3v) is 2.06. The molecule has 0 bridgehead atoms. The van der Waals surface area contributed by atoms with Crippen LogP contribution in [0.1, 0.15) is 24.2 Å². The van der Waals surface area contributed by atoms with Crippen molar-refractivity contribution in [2.24, 2.45) is 4.99 Å². The van der Waals surface area contributed by atoms with Crippen molar-refractivity contribution in [1.29, 1.82) is 0 Å². The number of aldehydes is 1. The summed E-state index contributed by atoms with van der Waals surface area (Å²) in [5, 5.41) is 9.55. The predicted molar refractivity (Wildman–Crippen MR) is 71.2 cm³/mol. The van der Waals surface area contributed by atoms with Crippen LogP contribution in [0.15, 0.2) is 47.3 Å². The van der Waals surface area contributed by atoms with Crippen LogP contribution in [0.3, 0.4) is 0 Å². The predicted octanol–water partition coefficient (Wildman–Crippen LogP) is 3.09. The SMILES string of the molecule is CC=N/C=C\C(C)=C\Oc1cc(C=O)ccc1O. The van der Waals surface area contributed by atoms with Gasteiger partial charge in [0.25, 0.3) is 0 Å². The van der Waals surface area contributed by atoms with Gasteiger partial charge in [0.15, 0.2) is 11.5 Å². The molecule has 0 fully saturated rings. The van der Waals surface area contributed by atoms with E-state index in [1.807, 2.05) is 13.8 Å². The molecule has 0 saturated heterocycles. The molecule has 0 unspecified atom stereocenters. The Morgan fingerprint density at radius 1 is 1.44 bits per heavy atom. The number of aromatic hydroxyl groups is 1. The molecule has 0 saturated carbocycles. The van der Waals surface area contributed by atoms with Gasteiger partial charge in [0.1, 0.15) is 6.29 Å². The quantitative estimate of drug-likeness (QED) is 0.375. The number of carbonyl (C=O) groups excluding carboxylic acids is 1. The molecule has 4 nitrogen and oxygen atoms in total. The summed E-state index contributed by atoms with van der Waals surface area (Å²) in [5.74, 6) is 0.228. The Morgan fingerprint density at radius 3 is 2.89 bits per heavy atom. The normalized spacial score (nSPS) is 12.2. The molecular formula is C14H15NO3. The van der Waals surface area contributed by atoms with Crippen LogP contribution >= 0.6 is 0 Å². The average Bonchev–Trinajstić information content (AvgIpc) is 2.38. The van der Waals surface area contributed by atoms with E-state index in [4.69, 9.17) is 4.74 Å². The van der Waals surface area contributed by atoms with E-state index < -0.39 is 0 Å². The molecule has 1 aromatic rings. The Bertz CT molecular complexity index is 502. The van der Waals surface area contributed by atoms with Crippen molar-refractivity contribution in [3.8, 4) is 11.5 Å². The minimum Gasteiger partial charge on any atom is -0.504 e. The highest BCUT2D eigenvalue weighted by molar-refractivity contribution is 5.76. The largest absolute Gasteiger partial charge is 0.504 e. The Kier molecular flexibility index (Phi) is 5.38. The van der Waals surface area contributed by atoms with Crippen molar-refractivity contribution in [3.05, 3.63) is 47.9 Å². The van der Waals surface area contributed by atoms with Gasteiger partial charge >= 0.3 is 0 Å². The van der Waals surface area contributed by atoms with E-state index in [9.17, 15) is 9.90 Å². The molecule has 0 atom stereocenters. The molecule has 1 N–H and O–H groups in total. The third-order valence-electron chi connectivity index (χ3n) is 2.06. The van der Waals surface area contributed by atoms with Crippen molar-refractivity contribution in [2.75, 3.05) is 0 Å². The van der Waals surface area contributed by atoms with Gasteiger partial charge in [-0.25, -0.2) is 0 Å². The lowest BCUT2D eigenvalue weighted by atomic mass is 10.2. The smallest absolute Gasteiger partial charge is 0.168 e. The van der Waals surface area contributed by atoms with Gasteiger partial charge < -0.3 is 9.84 Å². The lowest BCUT2D eigenvalue weighted by Gasteiger charge is -2.04. The Morgan fingerprint density at radius 2 is 2.22 bits per heavy atom. The van der Waals surface area contributed by atoms with Crippen LogP contribution in [0.25, 0.3) is 0 Å². The Labute approximate surface area is 106 Å². The van der Waals surface area contributed by atoms with Gasteiger partial charge in [-0.2, -0.15) is 0 Å². The number of benzene rings is 1. The number of phenolic OH excluding ortho intramolecular Hbond substituents is 1. The molecule has 94 valence electrons. The van der Waals surface area contributed by atoms with E-state index in [-0.39, 0.29) is 11.5 Å².